The van der Waals surface area contributed by atoms with Gasteiger partial charge in [0.1, 0.15) is 5.76 Å². The SMILES string of the molecule is Cc1ccc(C2=Cc3cccc4cc5ccccc5c(c34)C(=O)O2)cc1. The second-order valence-electron chi connectivity index (χ2n) is 6.68. The Kier molecular flexibility index (Phi) is 3.19. The highest BCUT2D eigenvalue weighted by Crippen LogP contribution is 2.36. The highest BCUT2D eigenvalue weighted by atomic mass is 16.5. The Balaban J connectivity index is 1.84. The van der Waals surface area contributed by atoms with Gasteiger partial charge in [-0.3, -0.25) is 0 Å². The van der Waals surface area contributed by atoms with Crippen molar-refractivity contribution >= 4 is 39.3 Å². The van der Waals surface area contributed by atoms with Crippen molar-refractivity contribution < 1.29 is 9.53 Å². The van der Waals surface area contributed by atoms with Crippen LogP contribution in [0.15, 0.2) is 72.8 Å². The number of hydrogen-bond donors (Lipinski definition) is 0. The van der Waals surface area contributed by atoms with Gasteiger partial charge in [0.15, 0.2) is 0 Å². The molecule has 0 saturated heterocycles. The van der Waals surface area contributed by atoms with Crippen LogP contribution in [0.4, 0.5) is 0 Å². The largest absolute Gasteiger partial charge is 0.422 e. The van der Waals surface area contributed by atoms with Crippen LogP contribution in [0, 0.1) is 6.92 Å². The smallest absolute Gasteiger partial charge is 0.344 e. The first-order valence-electron chi connectivity index (χ1n) is 8.66. The number of ether oxygens (including phenoxy) is 1. The van der Waals surface area contributed by atoms with Crippen LogP contribution in [0.5, 0.6) is 0 Å². The van der Waals surface area contributed by atoms with Crippen LogP contribution in [0.25, 0.3) is 33.4 Å². The highest BCUT2D eigenvalue weighted by Gasteiger charge is 2.23. The maximum absolute atomic E-state index is 13.1. The lowest BCUT2D eigenvalue weighted by atomic mass is 9.93. The zero-order valence-electron chi connectivity index (χ0n) is 14.3. The van der Waals surface area contributed by atoms with Crippen molar-refractivity contribution in [3.8, 4) is 0 Å². The van der Waals surface area contributed by atoms with E-state index in [1.807, 2.05) is 79.7 Å². The Morgan fingerprint density at radius 1 is 0.808 bits per heavy atom. The van der Waals surface area contributed by atoms with Crippen LogP contribution in [0.2, 0.25) is 0 Å². The summed E-state index contributed by atoms with van der Waals surface area (Å²) in [6, 6.07) is 24.2. The number of aryl methyl sites for hydroxylation is 1. The predicted molar refractivity (Wildman–Crippen MR) is 106 cm³/mol. The minimum atomic E-state index is -0.302. The molecule has 4 aromatic rings. The number of esters is 1. The molecule has 0 aliphatic carbocycles. The fourth-order valence-corrected chi connectivity index (χ4v) is 3.66. The van der Waals surface area contributed by atoms with Crippen LogP contribution in [0.1, 0.15) is 27.0 Å². The van der Waals surface area contributed by atoms with E-state index in [0.717, 1.165) is 32.7 Å². The van der Waals surface area contributed by atoms with E-state index >= 15 is 0 Å². The van der Waals surface area contributed by atoms with Gasteiger partial charge in [-0.05, 0) is 40.8 Å². The third kappa shape index (κ3) is 2.23. The van der Waals surface area contributed by atoms with Crippen LogP contribution in [-0.2, 0) is 4.74 Å². The lowest BCUT2D eigenvalue weighted by Gasteiger charge is -2.10. The minimum absolute atomic E-state index is 0.302. The van der Waals surface area contributed by atoms with Crippen LogP contribution in [0.3, 0.4) is 0 Å². The van der Waals surface area contributed by atoms with E-state index in [4.69, 9.17) is 4.74 Å². The van der Waals surface area contributed by atoms with Gasteiger partial charge < -0.3 is 4.74 Å². The molecule has 1 aliphatic rings. The summed E-state index contributed by atoms with van der Waals surface area (Å²) < 4.78 is 5.84. The van der Waals surface area contributed by atoms with E-state index in [1.165, 1.54) is 5.56 Å². The van der Waals surface area contributed by atoms with Crippen molar-refractivity contribution in [2.24, 2.45) is 0 Å². The van der Waals surface area contributed by atoms with Gasteiger partial charge in [-0.25, -0.2) is 4.79 Å². The van der Waals surface area contributed by atoms with Crippen LogP contribution >= 0.6 is 0 Å². The second-order valence-corrected chi connectivity index (χ2v) is 6.68. The van der Waals surface area contributed by atoms with Crippen molar-refractivity contribution in [2.75, 3.05) is 0 Å². The molecule has 26 heavy (non-hydrogen) atoms. The van der Waals surface area contributed by atoms with Gasteiger partial charge in [-0.1, -0.05) is 72.3 Å². The molecule has 1 heterocycles. The third-order valence-corrected chi connectivity index (χ3v) is 4.95. The summed E-state index contributed by atoms with van der Waals surface area (Å²) in [4.78, 5) is 13.1. The normalized spacial score (nSPS) is 13.4. The fourth-order valence-electron chi connectivity index (χ4n) is 3.66. The number of benzene rings is 4. The summed E-state index contributed by atoms with van der Waals surface area (Å²) in [7, 11) is 0. The quantitative estimate of drug-likeness (QED) is 0.316. The number of carbonyl (C=O) groups is 1. The average molecular weight is 336 g/mol. The molecule has 0 N–H and O–H groups in total. The molecule has 1 aliphatic heterocycles. The maximum Gasteiger partial charge on any atom is 0.344 e. The summed E-state index contributed by atoms with van der Waals surface area (Å²) in [6.07, 6.45) is 1.97. The molecule has 124 valence electrons. The van der Waals surface area contributed by atoms with Gasteiger partial charge in [0.25, 0.3) is 0 Å². The summed E-state index contributed by atoms with van der Waals surface area (Å²) in [5.74, 6) is 0.284. The van der Waals surface area contributed by atoms with E-state index < -0.39 is 0 Å². The summed E-state index contributed by atoms with van der Waals surface area (Å²) >= 11 is 0. The molecule has 0 amide bonds. The number of hydrogen-bond acceptors (Lipinski definition) is 2. The second kappa shape index (κ2) is 5.57. The Labute approximate surface area is 151 Å². The van der Waals surface area contributed by atoms with Gasteiger partial charge in [0.2, 0.25) is 0 Å². The van der Waals surface area contributed by atoms with Crippen LogP contribution in [-0.4, -0.2) is 5.97 Å². The lowest BCUT2D eigenvalue weighted by Crippen LogP contribution is -2.05. The standard InChI is InChI=1S/C24H16O2/c1-15-9-11-16(12-10-15)21-14-19-7-4-6-18-13-17-5-2-3-8-20(17)23(22(18)19)24(25)26-21/h2-14H,1H3. The van der Waals surface area contributed by atoms with Gasteiger partial charge in [-0.2, -0.15) is 0 Å². The first kappa shape index (κ1) is 14.9. The molecule has 0 spiro atoms. The monoisotopic (exact) mass is 336 g/mol. The van der Waals surface area contributed by atoms with E-state index in [9.17, 15) is 4.79 Å². The number of fused-ring (bicyclic) bond motifs is 2. The Hall–Kier alpha value is -3.39. The number of carbonyl (C=O) groups excluding carboxylic acids is 1. The van der Waals surface area contributed by atoms with E-state index in [0.29, 0.717) is 11.3 Å². The minimum Gasteiger partial charge on any atom is -0.422 e. The molecular formula is C24H16O2. The molecule has 0 unspecified atom stereocenters. The van der Waals surface area contributed by atoms with Gasteiger partial charge in [-0.15, -0.1) is 0 Å². The summed E-state index contributed by atoms with van der Waals surface area (Å²) in [6.45, 7) is 2.04. The van der Waals surface area contributed by atoms with E-state index in [-0.39, 0.29) is 5.97 Å². The van der Waals surface area contributed by atoms with Crippen LogP contribution < -0.4 is 0 Å². The maximum atomic E-state index is 13.1. The Bertz CT molecular complexity index is 1210. The first-order valence-corrected chi connectivity index (χ1v) is 8.66. The first-order chi connectivity index (χ1) is 12.7. The molecule has 0 aromatic heterocycles. The van der Waals surface area contributed by atoms with E-state index in [2.05, 4.69) is 6.07 Å². The van der Waals surface area contributed by atoms with Crippen molar-refractivity contribution in [1.29, 1.82) is 0 Å². The topological polar surface area (TPSA) is 26.3 Å². The van der Waals surface area contributed by atoms with E-state index in [1.54, 1.807) is 0 Å². The van der Waals surface area contributed by atoms with Crippen molar-refractivity contribution in [3.63, 3.8) is 0 Å². The summed E-state index contributed by atoms with van der Waals surface area (Å²) in [5, 5.41) is 3.98. The Morgan fingerprint density at radius 2 is 1.58 bits per heavy atom. The fraction of sp³-hybridized carbons (Fsp3) is 0.0417. The molecule has 0 atom stereocenters. The van der Waals surface area contributed by atoms with Gasteiger partial charge in [0.05, 0.1) is 5.56 Å². The third-order valence-electron chi connectivity index (χ3n) is 4.95. The molecular weight excluding hydrogens is 320 g/mol. The van der Waals surface area contributed by atoms with Gasteiger partial charge >= 0.3 is 5.97 Å². The molecule has 5 rings (SSSR count). The molecule has 0 saturated carbocycles. The zero-order chi connectivity index (χ0) is 17.7. The Morgan fingerprint density at radius 3 is 2.42 bits per heavy atom. The van der Waals surface area contributed by atoms with Crippen molar-refractivity contribution in [3.05, 3.63) is 95.1 Å². The number of rotatable bonds is 1. The highest BCUT2D eigenvalue weighted by molar-refractivity contribution is 6.21. The predicted octanol–water partition coefficient (Wildman–Crippen LogP) is 5.97. The zero-order valence-corrected chi connectivity index (χ0v) is 14.3. The average Bonchev–Trinajstić information content (AvgIpc) is 2.81. The molecule has 2 nitrogen and oxygen atoms in total. The molecule has 0 bridgehead atoms. The molecule has 0 fully saturated rings. The summed E-state index contributed by atoms with van der Waals surface area (Å²) in [5.41, 5.74) is 3.72. The van der Waals surface area contributed by atoms with Gasteiger partial charge in [0, 0.05) is 10.9 Å². The van der Waals surface area contributed by atoms with Crippen molar-refractivity contribution in [2.45, 2.75) is 6.92 Å². The number of cyclic esters (lactones) is 1. The molecule has 0 radical (unpaired) electrons. The molecule has 4 aromatic carbocycles. The lowest BCUT2D eigenvalue weighted by molar-refractivity contribution is 0.0698. The van der Waals surface area contributed by atoms with Crippen molar-refractivity contribution in [1.82, 2.24) is 0 Å². The molecule has 2 heteroatoms.